The molecule has 0 saturated carbocycles. The number of hydrogen-bond donors (Lipinski definition) is 4. The summed E-state index contributed by atoms with van der Waals surface area (Å²) >= 11 is 5.77. The minimum Gasteiger partial charge on any atom is -0.382 e. The molecule has 0 unspecified atom stereocenters. The molecule has 2 amide bonds. The quantitative estimate of drug-likeness (QED) is 0.493. The average Bonchev–Trinajstić information content (AvgIpc) is 2.94. The van der Waals surface area contributed by atoms with Crippen molar-refractivity contribution in [3.63, 3.8) is 0 Å². The highest BCUT2D eigenvalue weighted by Gasteiger charge is 2.39. The molecule has 2 aliphatic rings. The Labute approximate surface area is 142 Å². The van der Waals surface area contributed by atoms with Crippen LogP contribution in [-0.4, -0.2) is 58.3 Å². The molecule has 0 aromatic carbocycles. The fourth-order valence-electron chi connectivity index (χ4n) is 2.77. The van der Waals surface area contributed by atoms with Crippen LogP contribution in [-0.2, 0) is 4.79 Å². The van der Waals surface area contributed by atoms with E-state index in [-0.39, 0.29) is 28.0 Å². The van der Waals surface area contributed by atoms with E-state index in [4.69, 9.17) is 23.1 Å². The van der Waals surface area contributed by atoms with Gasteiger partial charge in [0.05, 0.1) is 5.54 Å². The van der Waals surface area contributed by atoms with Gasteiger partial charge in [0.25, 0.3) is 0 Å². The van der Waals surface area contributed by atoms with E-state index in [1.54, 1.807) is 4.90 Å². The number of likely N-dealkylation sites (tertiary alicyclic amines) is 1. The Bertz CT molecular complexity index is 714. The van der Waals surface area contributed by atoms with E-state index < -0.39 is 5.91 Å². The second-order valence-corrected chi connectivity index (χ2v) is 6.16. The van der Waals surface area contributed by atoms with Crippen LogP contribution in [0.15, 0.2) is 4.99 Å². The van der Waals surface area contributed by atoms with Crippen LogP contribution in [0.3, 0.4) is 0 Å². The summed E-state index contributed by atoms with van der Waals surface area (Å²) in [5, 5.41) is 6.19. The number of nitrogens with one attached hydrogen (secondary N) is 2. The Kier molecular flexibility index (Phi) is 4.14. The molecule has 2 saturated heterocycles. The van der Waals surface area contributed by atoms with Gasteiger partial charge in [-0.25, -0.2) is 9.97 Å². The summed E-state index contributed by atoms with van der Waals surface area (Å²) in [5.74, 6) is -0.498. The molecule has 1 spiro atoms. The molecular formula is C13H17ClN8O2. The van der Waals surface area contributed by atoms with Crippen LogP contribution >= 0.6 is 11.6 Å². The van der Waals surface area contributed by atoms with Crippen LogP contribution in [0.5, 0.6) is 0 Å². The fourth-order valence-corrected chi connectivity index (χ4v) is 2.90. The van der Waals surface area contributed by atoms with Crippen molar-refractivity contribution in [3.8, 4) is 0 Å². The molecule has 3 heterocycles. The predicted molar refractivity (Wildman–Crippen MR) is 88.4 cm³/mol. The minimum absolute atomic E-state index is 0.0450. The number of aliphatic imine (C=N–C) groups is 1. The number of nitrogen functional groups attached to an aromatic ring is 2. The maximum Gasteiger partial charge on any atom is 0.302 e. The van der Waals surface area contributed by atoms with Gasteiger partial charge < -0.3 is 27.0 Å². The van der Waals surface area contributed by atoms with Gasteiger partial charge in [0, 0.05) is 19.6 Å². The van der Waals surface area contributed by atoms with E-state index in [9.17, 15) is 9.59 Å². The Morgan fingerprint density at radius 2 is 2.00 bits per heavy atom. The van der Waals surface area contributed by atoms with Crippen molar-refractivity contribution in [2.75, 3.05) is 31.1 Å². The number of carbonyl (C=O) groups is 2. The maximum absolute atomic E-state index is 12.3. The molecule has 0 radical (unpaired) electrons. The number of nitrogens with two attached hydrogens (primary N) is 2. The number of piperidine rings is 1. The molecular weight excluding hydrogens is 336 g/mol. The lowest BCUT2D eigenvalue weighted by molar-refractivity contribution is -0.119. The van der Waals surface area contributed by atoms with Crippen molar-refractivity contribution >= 4 is 41.5 Å². The summed E-state index contributed by atoms with van der Waals surface area (Å²) < 4.78 is 0. The molecule has 1 aromatic rings. The standard InChI is InChI=1S/C13H17ClN8O2/c14-8-10(16)19-9(15)7(18-8)11(24)20-12-17-5-13(21-12)1-3-22(6-23)4-2-13/h6H,1-5H2,(H4,15,16,19)(H2,17,20,21,24). The molecule has 10 nitrogen and oxygen atoms in total. The smallest absolute Gasteiger partial charge is 0.302 e. The van der Waals surface area contributed by atoms with Crippen molar-refractivity contribution in [1.29, 1.82) is 0 Å². The third-order valence-corrected chi connectivity index (χ3v) is 4.48. The average molecular weight is 353 g/mol. The van der Waals surface area contributed by atoms with E-state index in [2.05, 4.69) is 25.6 Å². The Balaban J connectivity index is 1.73. The molecule has 1 aromatic heterocycles. The zero-order valence-corrected chi connectivity index (χ0v) is 13.5. The molecule has 128 valence electrons. The monoisotopic (exact) mass is 352 g/mol. The summed E-state index contributed by atoms with van der Waals surface area (Å²) in [6, 6.07) is 0. The molecule has 0 atom stereocenters. The van der Waals surface area contributed by atoms with Gasteiger partial charge >= 0.3 is 5.91 Å². The van der Waals surface area contributed by atoms with Crippen molar-refractivity contribution in [2.45, 2.75) is 18.4 Å². The van der Waals surface area contributed by atoms with E-state index in [0.717, 1.165) is 19.3 Å². The summed E-state index contributed by atoms with van der Waals surface area (Å²) in [7, 11) is 0. The molecule has 0 aliphatic carbocycles. The number of halogens is 1. The van der Waals surface area contributed by atoms with E-state index in [1.807, 2.05) is 0 Å². The van der Waals surface area contributed by atoms with Gasteiger partial charge in [0.2, 0.25) is 6.41 Å². The van der Waals surface area contributed by atoms with E-state index in [1.165, 1.54) is 0 Å². The predicted octanol–water partition coefficient (Wildman–Crippen LogP) is -1.03. The van der Waals surface area contributed by atoms with E-state index in [0.29, 0.717) is 25.6 Å². The normalized spacial score (nSPS) is 20.7. The van der Waals surface area contributed by atoms with Crippen LogP contribution in [0, 0.1) is 0 Å². The second-order valence-electron chi connectivity index (χ2n) is 5.80. The molecule has 3 rings (SSSR count). The molecule has 24 heavy (non-hydrogen) atoms. The number of guanidine groups is 1. The number of aromatic nitrogens is 2. The zero-order valence-electron chi connectivity index (χ0n) is 12.8. The van der Waals surface area contributed by atoms with Gasteiger partial charge in [-0.05, 0) is 12.8 Å². The first-order valence-electron chi connectivity index (χ1n) is 7.35. The van der Waals surface area contributed by atoms with Crippen LogP contribution in [0.1, 0.15) is 23.3 Å². The highest BCUT2D eigenvalue weighted by molar-refractivity contribution is 6.31. The SMILES string of the molecule is Nc1nc(N)c(C(=O)/N=C2\NCC3(CCN(C=O)CC3)N2)nc1Cl. The Hall–Kier alpha value is -2.62. The minimum atomic E-state index is -0.667. The zero-order chi connectivity index (χ0) is 17.3. The van der Waals surface area contributed by atoms with Crippen molar-refractivity contribution in [1.82, 2.24) is 25.5 Å². The van der Waals surface area contributed by atoms with Gasteiger partial charge in [-0.3, -0.25) is 9.59 Å². The molecule has 2 aliphatic heterocycles. The third-order valence-electron chi connectivity index (χ3n) is 4.20. The summed E-state index contributed by atoms with van der Waals surface area (Å²) in [4.78, 5) is 36.3. The number of nitrogens with zero attached hydrogens (tertiary/aromatic N) is 4. The van der Waals surface area contributed by atoms with Gasteiger partial charge in [-0.15, -0.1) is 0 Å². The lowest BCUT2D eigenvalue weighted by atomic mass is 9.89. The molecule has 11 heteroatoms. The highest BCUT2D eigenvalue weighted by atomic mass is 35.5. The summed E-state index contributed by atoms with van der Waals surface area (Å²) in [5.41, 5.74) is 10.8. The van der Waals surface area contributed by atoms with Crippen molar-refractivity contribution in [2.24, 2.45) is 4.99 Å². The lowest BCUT2D eigenvalue weighted by Gasteiger charge is -2.36. The summed E-state index contributed by atoms with van der Waals surface area (Å²) in [6.07, 6.45) is 2.38. The number of carbonyl (C=O) groups excluding carboxylic acids is 2. The highest BCUT2D eigenvalue weighted by Crippen LogP contribution is 2.24. The summed E-state index contributed by atoms with van der Waals surface area (Å²) in [6.45, 7) is 1.94. The molecule has 0 bridgehead atoms. The van der Waals surface area contributed by atoms with Gasteiger partial charge in [0.15, 0.2) is 28.4 Å². The topological polar surface area (TPSA) is 152 Å². The van der Waals surface area contributed by atoms with Crippen molar-refractivity contribution in [3.05, 3.63) is 10.8 Å². The first-order chi connectivity index (χ1) is 11.4. The Morgan fingerprint density at radius 1 is 1.29 bits per heavy atom. The van der Waals surface area contributed by atoms with Crippen LogP contribution < -0.4 is 22.1 Å². The van der Waals surface area contributed by atoms with Crippen molar-refractivity contribution < 1.29 is 9.59 Å². The maximum atomic E-state index is 12.3. The van der Waals surface area contributed by atoms with Crippen LogP contribution in [0.4, 0.5) is 11.6 Å². The number of amides is 2. The fraction of sp³-hybridized carbons (Fsp3) is 0.462. The van der Waals surface area contributed by atoms with E-state index >= 15 is 0 Å². The first kappa shape index (κ1) is 16.2. The number of hydrogen-bond acceptors (Lipinski definition) is 6. The van der Waals surface area contributed by atoms with Gasteiger partial charge in [-0.2, -0.15) is 4.99 Å². The lowest BCUT2D eigenvalue weighted by Crippen LogP contribution is -2.52. The number of anilines is 2. The Morgan fingerprint density at radius 3 is 2.67 bits per heavy atom. The molecule has 2 fully saturated rings. The van der Waals surface area contributed by atoms with Crippen LogP contribution in [0.25, 0.3) is 0 Å². The first-order valence-corrected chi connectivity index (χ1v) is 7.73. The second kappa shape index (κ2) is 6.11. The number of rotatable bonds is 2. The largest absolute Gasteiger partial charge is 0.382 e. The van der Waals surface area contributed by atoms with Crippen LogP contribution in [0.2, 0.25) is 5.15 Å². The third kappa shape index (κ3) is 3.04. The van der Waals surface area contributed by atoms with Gasteiger partial charge in [0.1, 0.15) is 0 Å². The molecule has 6 N–H and O–H groups in total. The van der Waals surface area contributed by atoms with Gasteiger partial charge in [-0.1, -0.05) is 11.6 Å².